The Balaban J connectivity index is 1.47. The molecule has 0 radical (unpaired) electrons. The zero-order chi connectivity index (χ0) is 21.9. The minimum Gasteiger partial charge on any atom is -0.444 e. The first-order valence-electron chi connectivity index (χ1n) is 10.5. The van der Waals surface area contributed by atoms with Crippen LogP contribution in [0.25, 0.3) is 0 Å². The quantitative estimate of drug-likeness (QED) is 0.726. The Morgan fingerprint density at radius 1 is 1.20 bits per heavy atom. The number of carbonyl (C=O) groups is 2. The van der Waals surface area contributed by atoms with Crippen LogP contribution in [0.3, 0.4) is 0 Å². The minimum absolute atomic E-state index is 0.0998. The summed E-state index contributed by atoms with van der Waals surface area (Å²) < 4.78 is 11.4. The van der Waals surface area contributed by atoms with Crippen LogP contribution < -0.4 is 0 Å². The van der Waals surface area contributed by atoms with Crippen LogP contribution in [0, 0.1) is 0 Å². The number of likely N-dealkylation sites (N-methyl/N-ethyl adjacent to an activating group) is 1. The van der Waals surface area contributed by atoms with E-state index in [1.54, 1.807) is 29.1 Å². The third kappa shape index (κ3) is 5.71. The van der Waals surface area contributed by atoms with Crippen LogP contribution in [0.1, 0.15) is 38.1 Å². The normalized spacial score (nSPS) is 23.5. The van der Waals surface area contributed by atoms with Crippen LogP contribution in [0.2, 0.25) is 0 Å². The lowest BCUT2D eigenvalue weighted by Crippen LogP contribution is -2.66. The lowest BCUT2D eigenvalue weighted by Gasteiger charge is -2.50. The van der Waals surface area contributed by atoms with Gasteiger partial charge in [0.05, 0.1) is 37.9 Å². The van der Waals surface area contributed by atoms with Crippen LogP contribution in [-0.4, -0.2) is 90.5 Å². The number of morpholine rings is 1. The van der Waals surface area contributed by atoms with E-state index in [9.17, 15) is 9.59 Å². The highest BCUT2D eigenvalue weighted by Crippen LogP contribution is 2.24. The molecule has 0 aliphatic carbocycles. The summed E-state index contributed by atoms with van der Waals surface area (Å²) in [6, 6.07) is 9.43. The number of nitrogens with zero attached hydrogens (tertiary/aromatic N) is 3. The van der Waals surface area contributed by atoms with Crippen molar-refractivity contribution in [1.29, 1.82) is 0 Å². The number of carbonyl (C=O) groups excluding carboxylic acids is 2. The van der Waals surface area contributed by atoms with Crippen molar-refractivity contribution in [3.8, 4) is 0 Å². The van der Waals surface area contributed by atoms with Gasteiger partial charge in [0.1, 0.15) is 5.60 Å². The van der Waals surface area contributed by atoms with Crippen LogP contribution >= 0.6 is 0 Å². The predicted octanol–water partition coefficient (Wildman–Crippen LogP) is 2.40. The Morgan fingerprint density at radius 3 is 2.50 bits per heavy atom. The second-order valence-electron chi connectivity index (χ2n) is 8.99. The predicted molar refractivity (Wildman–Crippen MR) is 112 cm³/mol. The molecule has 0 aromatic heterocycles. The third-order valence-electron chi connectivity index (χ3n) is 5.42. The van der Waals surface area contributed by atoms with E-state index in [2.05, 4.69) is 11.8 Å². The highest BCUT2D eigenvalue weighted by Gasteiger charge is 2.41. The van der Waals surface area contributed by atoms with Crippen LogP contribution in [0.4, 0.5) is 4.79 Å². The highest BCUT2D eigenvalue weighted by molar-refractivity contribution is 5.89. The molecule has 166 valence electrons. The van der Waals surface area contributed by atoms with Gasteiger partial charge in [0.2, 0.25) is 0 Å². The van der Waals surface area contributed by atoms with Gasteiger partial charge in [0, 0.05) is 25.7 Å². The number of hydrogen-bond acceptors (Lipinski definition) is 7. The number of amides is 1. The van der Waals surface area contributed by atoms with Gasteiger partial charge >= 0.3 is 12.1 Å². The molecule has 3 rings (SSSR count). The van der Waals surface area contributed by atoms with E-state index >= 15 is 0 Å². The van der Waals surface area contributed by atoms with E-state index in [1.807, 2.05) is 39.0 Å². The fourth-order valence-corrected chi connectivity index (χ4v) is 3.72. The lowest BCUT2D eigenvalue weighted by atomic mass is 10.0. The van der Waals surface area contributed by atoms with Gasteiger partial charge in [-0.2, -0.15) is 0 Å². The molecule has 0 spiro atoms. The fraction of sp³-hybridized carbons (Fsp3) is 0.636. The molecule has 2 fully saturated rings. The second kappa shape index (κ2) is 9.32. The smallest absolute Gasteiger partial charge is 0.410 e. The van der Waals surface area contributed by atoms with Crippen LogP contribution in [-0.2, 0) is 14.3 Å². The molecule has 1 aromatic rings. The molecule has 2 aliphatic heterocycles. The van der Waals surface area contributed by atoms with E-state index in [4.69, 9.17) is 14.3 Å². The standard InChI is InChI=1S/C22H33N3O5/c1-16-19(15-23(5)21(27)29-22(2,3)4)28-12-11-25(16)18-13-24(14-18)30-20(26)17-9-7-6-8-10-17/h6-10,16,18-19H,11-15H2,1-5H3/t16-,19-/m0/s1. The average molecular weight is 420 g/mol. The first-order valence-corrected chi connectivity index (χ1v) is 10.5. The molecule has 0 N–H and O–H groups in total. The van der Waals surface area contributed by atoms with Crippen molar-refractivity contribution in [3.05, 3.63) is 35.9 Å². The third-order valence-corrected chi connectivity index (χ3v) is 5.42. The number of benzene rings is 1. The molecule has 2 aliphatic rings. The van der Waals surface area contributed by atoms with Gasteiger partial charge in [-0.05, 0) is 39.8 Å². The maximum Gasteiger partial charge on any atom is 0.410 e. The Morgan fingerprint density at radius 2 is 1.87 bits per heavy atom. The highest BCUT2D eigenvalue weighted by atomic mass is 16.7. The molecule has 0 unspecified atom stereocenters. The van der Waals surface area contributed by atoms with Crippen molar-refractivity contribution in [3.63, 3.8) is 0 Å². The van der Waals surface area contributed by atoms with Crippen molar-refractivity contribution < 1.29 is 23.9 Å². The summed E-state index contributed by atoms with van der Waals surface area (Å²) in [6.07, 6.45) is -0.449. The molecule has 1 aromatic carbocycles. The Labute approximate surface area is 178 Å². The Kier molecular flexibility index (Phi) is 7.00. The summed E-state index contributed by atoms with van der Waals surface area (Å²) >= 11 is 0. The van der Waals surface area contributed by atoms with Gasteiger partial charge in [0.15, 0.2) is 0 Å². The Bertz CT molecular complexity index is 730. The number of hydrogen-bond donors (Lipinski definition) is 0. The summed E-state index contributed by atoms with van der Waals surface area (Å²) in [5.41, 5.74) is 0.0223. The zero-order valence-corrected chi connectivity index (χ0v) is 18.5. The second-order valence-corrected chi connectivity index (χ2v) is 8.99. The fourth-order valence-electron chi connectivity index (χ4n) is 3.72. The summed E-state index contributed by atoms with van der Waals surface area (Å²) in [7, 11) is 1.73. The molecule has 0 bridgehead atoms. The Hall–Kier alpha value is -2.16. The topological polar surface area (TPSA) is 71.6 Å². The lowest BCUT2D eigenvalue weighted by molar-refractivity contribution is -0.199. The van der Waals surface area contributed by atoms with Gasteiger partial charge in [-0.25, -0.2) is 9.59 Å². The number of rotatable bonds is 5. The van der Waals surface area contributed by atoms with E-state index in [-0.39, 0.29) is 24.2 Å². The van der Waals surface area contributed by atoms with E-state index < -0.39 is 5.60 Å². The van der Waals surface area contributed by atoms with E-state index in [0.29, 0.717) is 37.8 Å². The van der Waals surface area contributed by atoms with Gasteiger partial charge in [0.25, 0.3) is 0 Å². The molecule has 30 heavy (non-hydrogen) atoms. The average Bonchev–Trinajstić information content (AvgIpc) is 2.65. The monoisotopic (exact) mass is 419 g/mol. The van der Waals surface area contributed by atoms with E-state index in [1.165, 1.54) is 0 Å². The molecular formula is C22H33N3O5. The summed E-state index contributed by atoms with van der Waals surface area (Å²) in [5.74, 6) is -0.332. The van der Waals surface area contributed by atoms with Gasteiger partial charge in [-0.3, -0.25) is 4.90 Å². The van der Waals surface area contributed by atoms with Gasteiger partial charge in [-0.15, -0.1) is 5.06 Å². The molecular weight excluding hydrogens is 386 g/mol. The molecule has 2 heterocycles. The molecule has 0 saturated carbocycles. The van der Waals surface area contributed by atoms with Gasteiger partial charge in [-0.1, -0.05) is 18.2 Å². The van der Waals surface area contributed by atoms with Crippen molar-refractivity contribution in [2.75, 3.05) is 39.8 Å². The van der Waals surface area contributed by atoms with Crippen molar-refractivity contribution in [1.82, 2.24) is 14.9 Å². The van der Waals surface area contributed by atoms with Gasteiger partial charge < -0.3 is 19.2 Å². The molecule has 8 nitrogen and oxygen atoms in total. The summed E-state index contributed by atoms with van der Waals surface area (Å²) in [5, 5.41) is 1.70. The van der Waals surface area contributed by atoms with Crippen molar-refractivity contribution >= 4 is 12.1 Å². The molecule has 8 heteroatoms. The van der Waals surface area contributed by atoms with Crippen LogP contribution in [0.15, 0.2) is 30.3 Å². The minimum atomic E-state index is -0.525. The molecule has 1 amide bonds. The maximum absolute atomic E-state index is 12.3. The SMILES string of the molecule is C[C@H]1[C@H](CN(C)C(=O)OC(C)(C)C)OCCN1C1CN(OC(=O)c2ccccc2)C1. The zero-order valence-electron chi connectivity index (χ0n) is 18.5. The molecule has 2 atom stereocenters. The summed E-state index contributed by atoms with van der Waals surface area (Å²) in [4.78, 5) is 33.9. The largest absolute Gasteiger partial charge is 0.444 e. The first kappa shape index (κ1) is 22.5. The first-order chi connectivity index (χ1) is 14.1. The molecule has 2 saturated heterocycles. The number of hydroxylamine groups is 2. The summed E-state index contributed by atoms with van der Waals surface area (Å²) in [6.45, 7) is 10.9. The van der Waals surface area contributed by atoms with Crippen LogP contribution in [0.5, 0.6) is 0 Å². The van der Waals surface area contributed by atoms with E-state index in [0.717, 1.165) is 6.54 Å². The van der Waals surface area contributed by atoms with Crippen molar-refractivity contribution in [2.24, 2.45) is 0 Å². The van der Waals surface area contributed by atoms with Crippen molar-refractivity contribution in [2.45, 2.75) is 51.5 Å². The number of ether oxygens (including phenoxy) is 2. The maximum atomic E-state index is 12.3.